The van der Waals surface area contributed by atoms with Crippen LogP contribution in [-0.2, 0) is 23.7 Å². The third kappa shape index (κ3) is 11.2. The molecule has 0 aliphatic rings. The van der Waals surface area contributed by atoms with Crippen molar-refractivity contribution in [3.63, 3.8) is 0 Å². The van der Waals surface area contributed by atoms with Gasteiger partial charge in [0.05, 0.1) is 0 Å². The maximum atomic E-state index is 8.25. The summed E-state index contributed by atoms with van der Waals surface area (Å²) in [5.41, 5.74) is 0. The third-order valence-corrected chi connectivity index (χ3v) is 0. The van der Waals surface area contributed by atoms with Crippen molar-refractivity contribution in [1.82, 2.24) is 0 Å². The Morgan fingerprint density at radius 1 is 1.25 bits per heavy atom. The molecular formula is CH5LiOTi. The van der Waals surface area contributed by atoms with Gasteiger partial charge in [0.2, 0.25) is 0 Å². The third-order valence-electron chi connectivity index (χ3n) is 0. The van der Waals surface area contributed by atoms with Gasteiger partial charge in [0.25, 0.3) is 0 Å². The van der Waals surface area contributed by atoms with Gasteiger partial charge in [-0.05, 0) is 0 Å². The molecule has 0 spiro atoms. The summed E-state index contributed by atoms with van der Waals surface area (Å²) >= 11 is 0.750. The first kappa shape index (κ1) is 19.4. The average molecular weight is 87.9 g/mol. The van der Waals surface area contributed by atoms with Gasteiger partial charge in [-0.1, -0.05) is 7.43 Å². The Morgan fingerprint density at radius 3 is 1.25 bits per heavy atom. The Bertz CT molecular complexity index is 8.00. The van der Waals surface area contributed by atoms with Crippen LogP contribution in [0.2, 0.25) is 0 Å². The van der Waals surface area contributed by atoms with Crippen LogP contribution in [0.1, 0.15) is 7.43 Å². The summed E-state index contributed by atoms with van der Waals surface area (Å²) in [4.78, 5) is 0. The predicted octanol–water partition coefficient (Wildman–Crippen LogP) is -0.134. The zero-order valence-corrected chi connectivity index (χ0v) is 2.47. The van der Waals surface area contributed by atoms with Crippen LogP contribution in [-0.4, -0.2) is 18.9 Å². The summed E-state index contributed by atoms with van der Waals surface area (Å²) in [6.45, 7) is 0. The first-order valence-corrected chi connectivity index (χ1v) is 0.842. The molecule has 1 nitrogen and oxygen atoms in total. The van der Waals surface area contributed by atoms with E-state index in [1.165, 1.54) is 0 Å². The zero-order valence-electron chi connectivity index (χ0n) is 0.908. The molecule has 0 heterocycles. The number of rotatable bonds is 0. The van der Waals surface area contributed by atoms with Crippen LogP contribution < -0.4 is 0 Å². The van der Waals surface area contributed by atoms with E-state index in [0.29, 0.717) is 0 Å². The van der Waals surface area contributed by atoms with Crippen molar-refractivity contribution < 1.29 is 23.7 Å². The monoisotopic (exact) mass is 88.0 g/mol. The fraction of sp³-hybridized carbons (Fsp3) is 1.00. The van der Waals surface area contributed by atoms with Gasteiger partial charge in [-0.2, -0.15) is 0 Å². The van der Waals surface area contributed by atoms with Gasteiger partial charge < -0.3 is 0 Å². The quantitative estimate of drug-likeness (QED) is 0.377. The molecule has 0 aromatic rings. The minimum atomic E-state index is 0. The zero-order chi connectivity index (χ0) is 2.00. The molecular weight excluding hydrogens is 82.8 g/mol. The van der Waals surface area contributed by atoms with E-state index in [1.807, 2.05) is 0 Å². The van der Waals surface area contributed by atoms with Crippen molar-refractivity contribution >= 4 is 18.9 Å². The van der Waals surface area contributed by atoms with Gasteiger partial charge in [0, 0.05) is 0 Å². The van der Waals surface area contributed by atoms with E-state index in [9.17, 15) is 0 Å². The van der Waals surface area contributed by atoms with Crippen LogP contribution in [0.25, 0.3) is 0 Å². The van der Waals surface area contributed by atoms with Crippen molar-refractivity contribution in [2.24, 2.45) is 0 Å². The molecule has 0 unspecified atom stereocenters. The van der Waals surface area contributed by atoms with E-state index in [1.54, 1.807) is 0 Å². The fourth-order valence-corrected chi connectivity index (χ4v) is 0. The van der Waals surface area contributed by atoms with E-state index in [0.717, 1.165) is 20.4 Å². The first-order chi connectivity index (χ1) is 1.00. The van der Waals surface area contributed by atoms with Gasteiger partial charge in [0.1, 0.15) is 0 Å². The number of hydrogen-bond donors (Lipinski definition) is 0. The Morgan fingerprint density at radius 2 is 1.25 bits per heavy atom. The fourth-order valence-electron chi connectivity index (χ4n) is 0. The Balaban J connectivity index is -0.00000000500. The van der Waals surface area contributed by atoms with Gasteiger partial charge in [-0.15, -0.1) is 0 Å². The summed E-state index contributed by atoms with van der Waals surface area (Å²) < 4.78 is 8.25. The molecule has 0 fully saturated rings. The number of hydrogen-bond acceptors (Lipinski definition) is 1. The van der Waals surface area contributed by atoms with Crippen LogP contribution in [0, 0.1) is 0 Å². The Kier molecular flexibility index (Phi) is 156. The second-order valence-electron chi connectivity index (χ2n) is 0. The van der Waals surface area contributed by atoms with E-state index in [2.05, 4.69) is 0 Å². The van der Waals surface area contributed by atoms with Crippen molar-refractivity contribution in [3.05, 3.63) is 0 Å². The normalized spacial score (nSPS) is 0.750. The molecule has 20 valence electrons. The SMILES string of the molecule is C.[LiH].[O]=[Ti]. The molecule has 0 aliphatic carbocycles. The van der Waals surface area contributed by atoms with Crippen LogP contribution in [0.5, 0.6) is 0 Å². The molecule has 0 aliphatic heterocycles. The molecule has 0 saturated carbocycles. The Labute approximate surface area is 50.1 Å². The molecule has 0 bridgehead atoms. The second kappa shape index (κ2) is 32.2. The van der Waals surface area contributed by atoms with Crippen molar-refractivity contribution in [2.75, 3.05) is 0 Å². The van der Waals surface area contributed by atoms with Crippen LogP contribution in [0.15, 0.2) is 0 Å². The van der Waals surface area contributed by atoms with Crippen molar-refractivity contribution in [3.8, 4) is 0 Å². The van der Waals surface area contributed by atoms with Gasteiger partial charge >= 0.3 is 42.6 Å². The first-order valence-electron chi connectivity index (χ1n) is 0.204. The van der Waals surface area contributed by atoms with Gasteiger partial charge in [-0.25, -0.2) is 0 Å². The van der Waals surface area contributed by atoms with Gasteiger partial charge in [-0.3, -0.25) is 0 Å². The van der Waals surface area contributed by atoms with Crippen LogP contribution in [0.3, 0.4) is 0 Å². The standard InChI is InChI=1S/CH4.Li.O.Ti.H/h1H4;;;;. The molecule has 0 N–H and O–H groups in total. The average Bonchev–Trinajstić information content (AvgIpc) is 1.00. The molecule has 0 rings (SSSR count). The van der Waals surface area contributed by atoms with E-state index in [-0.39, 0.29) is 26.3 Å². The molecule has 0 amide bonds. The second-order valence-corrected chi connectivity index (χ2v) is 0. The Hall–Kier alpha value is 1.11. The molecule has 3 heteroatoms. The molecule has 0 aromatic carbocycles. The molecule has 0 saturated heterocycles. The molecule has 0 radical (unpaired) electrons. The molecule has 0 atom stereocenters. The summed E-state index contributed by atoms with van der Waals surface area (Å²) in [6, 6.07) is 0. The summed E-state index contributed by atoms with van der Waals surface area (Å²) in [7, 11) is 0. The van der Waals surface area contributed by atoms with Crippen LogP contribution >= 0.6 is 0 Å². The van der Waals surface area contributed by atoms with Gasteiger partial charge in [0.15, 0.2) is 0 Å². The maximum absolute atomic E-state index is 8.25. The van der Waals surface area contributed by atoms with E-state index >= 15 is 0 Å². The van der Waals surface area contributed by atoms with E-state index in [4.69, 9.17) is 3.32 Å². The van der Waals surface area contributed by atoms with E-state index < -0.39 is 0 Å². The topological polar surface area (TPSA) is 17.1 Å². The summed E-state index contributed by atoms with van der Waals surface area (Å²) in [6.07, 6.45) is 0. The summed E-state index contributed by atoms with van der Waals surface area (Å²) in [5, 5.41) is 0. The van der Waals surface area contributed by atoms with Crippen molar-refractivity contribution in [2.45, 2.75) is 7.43 Å². The van der Waals surface area contributed by atoms with Crippen LogP contribution in [0.4, 0.5) is 0 Å². The molecule has 4 heavy (non-hydrogen) atoms. The summed E-state index contributed by atoms with van der Waals surface area (Å²) in [5.74, 6) is 0. The van der Waals surface area contributed by atoms with Crippen molar-refractivity contribution in [1.29, 1.82) is 0 Å². The minimum absolute atomic E-state index is 0. The molecule has 0 aromatic heterocycles. The predicted molar refractivity (Wildman–Crippen MR) is 14.6 cm³/mol.